The number of ether oxygens (including phenoxy) is 2. The number of carboxylic acid groups (broad SMARTS) is 4. The summed E-state index contributed by atoms with van der Waals surface area (Å²) < 4.78 is 11.6. The van der Waals surface area contributed by atoms with Crippen LogP contribution in [0.25, 0.3) is 0 Å². The minimum Gasteiger partial charge on any atom is -0.480 e. The van der Waals surface area contributed by atoms with Crippen LogP contribution in [0.5, 0.6) is 11.5 Å². The summed E-state index contributed by atoms with van der Waals surface area (Å²) in [6.45, 7) is -0.798. The summed E-state index contributed by atoms with van der Waals surface area (Å²) in [6, 6.07) is 12.4. The average Bonchev–Trinajstić information content (AvgIpc) is 2.72. The summed E-state index contributed by atoms with van der Waals surface area (Å²) in [5, 5.41) is 36.6. The van der Waals surface area contributed by atoms with E-state index in [4.69, 9.17) is 29.9 Å². The van der Waals surface area contributed by atoms with Crippen molar-refractivity contribution in [1.29, 1.82) is 0 Å². The lowest BCUT2D eigenvalue weighted by Crippen LogP contribution is -2.35. The Morgan fingerprint density at radius 3 is 1.24 bits per heavy atom. The van der Waals surface area contributed by atoms with Crippen LogP contribution in [0.15, 0.2) is 48.5 Å². The number of carboxylic acids is 4. The van der Waals surface area contributed by atoms with E-state index in [0.29, 0.717) is 0 Å². The van der Waals surface area contributed by atoms with Crippen LogP contribution in [0, 0.1) is 0 Å². The van der Waals surface area contributed by atoms with Crippen molar-refractivity contribution >= 4 is 35.3 Å². The van der Waals surface area contributed by atoms with Crippen molar-refractivity contribution in [2.45, 2.75) is 13.2 Å². The smallest absolute Gasteiger partial charge is 0.323 e. The van der Waals surface area contributed by atoms with Crippen molar-refractivity contribution in [3.63, 3.8) is 0 Å². The molecule has 0 aromatic heterocycles. The second-order valence-corrected chi connectivity index (χ2v) is 7.03. The molecule has 0 amide bonds. The molecule has 0 unspecified atom stereocenters. The van der Waals surface area contributed by atoms with Crippen LogP contribution in [0.4, 0.5) is 11.4 Å². The third kappa shape index (κ3) is 7.89. The number of hydrogen-bond acceptors (Lipinski definition) is 8. The topological polar surface area (TPSA) is 174 Å². The fraction of sp³-hybridized carbons (Fsp3) is 0.273. The van der Waals surface area contributed by atoms with Gasteiger partial charge in [0.05, 0.1) is 11.4 Å². The molecular weight excluding hydrogens is 452 g/mol. The summed E-state index contributed by atoms with van der Waals surface area (Å²) in [5.41, 5.74) is 0.434. The van der Waals surface area contributed by atoms with Crippen LogP contribution >= 0.6 is 0 Å². The summed E-state index contributed by atoms with van der Waals surface area (Å²) in [4.78, 5) is 47.0. The second-order valence-electron chi connectivity index (χ2n) is 7.03. The van der Waals surface area contributed by atoms with Gasteiger partial charge >= 0.3 is 23.9 Å². The molecule has 2 rings (SSSR count). The largest absolute Gasteiger partial charge is 0.480 e. The summed E-state index contributed by atoms with van der Waals surface area (Å²) in [7, 11) is 0. The van der Waals surface area contributed by atoms with Crippen LogP contribution in [-0.2, 0) is 19.2 Å². The molecule has 0 saturated carbocycles. The fourth-order valence-corrected chi connectivity index (χ4v) is 3.12. The van der Waals surface area contributed by atoms with E-state index in [1.54, 1.807) is 24.3 Å². The Labute approximate surface area is 194 Å². The van der Waals surface area contributed by atoms with E-state index in [2.05, 4.69) is 0 Å². The zero-order valence-corrected chi connectivity index (χ0v) is 18.2. The van der Waals surface area contributed by atoms with Gasteiger partial charge in [-0.1, -0.05) is 24.3 Å². The molecule has 0 saturated heterocycles. The minimum absolute atomic E-state index is 0.155. The fourth-order valence-electron chi connectivity index (χ4n) is 3.12. The van der Waals surface area contributed by atoms with Crippen molar-refractivity contribution in [1.82, 2.24) is 0 Å². The van der Waals surface area contributed by atoms with E-state index in [9.17, 15) is 19.2 Å². The van der Waals surface area contributed by atoms with Crippen LogP contribution < -0.4 is 19.3 Å². The van der Waals surface area contributed by atoms with Gasteiger partial charge in [-0.3, -0.25) is 19.2 Å². The number of hydrogen-bond donors (Lipinski definition) is 4. The van der Waals surface area contributed by atoms with E-state index in [-0.39, 0.29) is 22.9 Å². The Balaban J connectivity index is 2.28. The highest BCUT2D eigenvalue weighted by Gasteiger charge is 2.22. The average molecular weight is 476 g/mol. The number of anilines is 2. The molecule has 0 heterocycles. The van der Waals surface area contributed by atoms with Gasteiger partial charge in [0.15, 0.2) is 0 Å². The molecule has 0 bridgehead atoms. The molecule has 182 valence electrons. The van der Waals surface area contributed by atoms with Gasteiger partial charge in [-0.05, 0) is 24.3 Å². The first-order valence-corrected chi connectivity index (χ1v) is 9.95. The first kappa shape index (κ1) is 25.8. The van der Waals surface area contributed by atoms with Crippen molar-refractivity contribution < 1.29 is 49.1 Å². The maximum absolute atomic E-state index is 11.2. The summed E-state index contributed by atoms with van der Waals surface area (Å²) in [5.74, 6) is -4.61. The van der Waals surface area contributed by atoms with Gasteiger partial charge in [-0.25, -0.2) is 0 Å². The molecular formula is C22H24N2O10. The Morgan fingerprint density at radius 1 is 0.647 bits per heavy atom. The molecule has 0 aliphatic rings. The number of aliphatic carboxylic acids is 4. The summed E-state index contributed by atoms with van der Waals surface area (Å²) in [6.07, 6.45) is -1.00. The first-order valence-electron chi connectivity index (χ1n) is 9.95. The van der Waals surface area contributed by atoms with Gasteiger partial charge in [-0.2, -0.15) is 0 Å². The quantitative estimate of drug-likeness (QED) is 0.289. The number of rotatable bonds is 14. The van der Waals surface area contributed by atoms with E-state index < -0.39 is 56.3 Å². The minimum atomic E-state index is -1.23. The number of nitrogens with zero attached hydrogens (tertiary/aromatic N) is 2. The lowest BCUT2D eigenvalue weighted by Gasteiger charge is -2.27. The Kier molecular flexibility index (Phi) is 9.06. The van der Waals surface area contributed by atoms with Gasteiger partial charge in [0.1, 0.15) is 37.7 Å². The maximum atomic E-state index is 11.2. The SMILES string of the molecule is CC(Oc1ccccc1N(CC(=O)O)CC(=O)O)Oc1ccccc1N(CC(=O)O)CC(=O)O. The molecule has 0 spiro atoms. The van der Waals surface area contributed by atoms with E-state index in [0.717, 1.165) is 9.80 Å². The normalized spacial score (nSPS) is 10.4. The highest BCUT2D eigenvalue weighted by molar-refractivity contribution is 5.81. The highest BCUT2D eigenvalue weighted by Crippen LogP contribution is 2.32. The molecule has 12 heteroatoms. The van der Waals surface area contributed by atoms with Gasteiger partial charge in [-0.15, -0.1) is 0 Å². The summed E-state index contributed by atoms with van der Waals surface area (Å²) >= 11 is 0. The van der Waals surface area contributed by atoms with E-state index in [1.165, 1.54) is 31.2 Å². The van der Waals surface area contributed by atoms with Gasteiger partial charge < -0.3 is 39.7 Å². The molecule has 34 heavy (non-hydrogen) atoms. The highest BCUT2D eigenvalue weighted by atomic mass is 16.7. The van der Waals surface area contributed by atoms with E-state index >= 15 is 0 Å². The number of carbonyl (C=O) groups is 4. The number of benzene rings is 2. The molecule has 12 nitrogen and oxygen atoms in total. The molecule has 0 radical (unpaired) electrons. The third-order valence-electron chi connectivity index (χ3n) is 4.30. The lowest BCUT2D eigenvalue weighted by molar-refractivity contribution is -0.138. The Bertz CT molecular complexity index is 928. The molecule has 0 fully saturated rings. The van der Waals surface area contributed by atoms with Crippen LogP contribution in [0.2, 0.25) is 0 Å². The predicted octanol–water partition coefficient (Wildman–Crippen LogP) is 1.44. The van der Waals surface area contributed by atoms with Crippen molar-refractivity contribution in [3.8, 4) is 11.5 Å². The standard InChI is InChI=1S/C22H24N2O10/c1-14(33-17-8-4-2-6-15(17)23(10-19(25)26)11-20(27)28)34-18-9-5-3-7-16(18)24(12-21(29)30)13-22(31)32/h2-9,14H,10-13H2,1H3,(H,25,26)(H,27,28)(H,29,30)(H,31,32). The Hall–Kier alpha value is -4.48. The van der Waals surface area contributed by atoms with Crippen LogP contribution in [0.1, 0.15) is 6.92 Å². The van der Waals surface area contributed by atoms with Crippen molar-refractivity contribution in [2.24, 2.45) is 0 Å². The van der Waals surface area contributed by atoms with Crippen LogP contribution in [0.3, 0.4) is 0 Å². The monoisotopic (exact) mass is 476 g/mol. The van der Waals surface area contributed by atoms with Gasteiger partial charge in [0.2, 0.25) is 6.29 Å². The third-order valence-corrected chi connectivity index (χ3v) is 4.30. The first-order chi connectivity index (χ1) is 16.1. The molecule has 4 N–H and O–H groups in total. The van der Waals surface area contributed by atoms with Crippen molar-refractivity contribution in [2.75, 3.05) is 36.0 Å². The zero-order chi connectivity index (χ0) is 25.3. The molecule has 0 atom stereocenters. The predicted molar refractivity (Wildman–Crippen MR) is 119 cm³/mol. The number of para-hydroxylation sites is 4. The molecule has 0 aliphatic carbocycles. The van der Waals surface area contributed by atoms with Gasteiger partial charge in [0.25, 0.3) is 0 Å². The molecule has 2 aromatic carbocycles. The molecule has 0 aliphatic heterocycles. The van der Waals surface area contributed by atoms with E-state index in [1.807, 2.05) is 0 Å². The van der Waals surface area contributed by atoms with Crippen molar-refractivity contribution in [3.05, 3.63) is 48.5 Å². The second kappa shape index (κ2) is 11.9. The zero-order valence-electron chi connectivity index (χ0n) is 18.2. The maximum Gasteiger partial charge on any atom is 0.323 e. The Morgan fingerprint density at radius 2 is 0.941 bits per heavy atom. The molecule has 2 aromatic rings. The lowest BCUT2D eigenvalue weighted by atomic mass is 10.2. The van der Waals surface area contributed by atoms with Gasteiger partial charge in [0, 0.05) is 6.92 Å². The van der Waals surface area contributed by atoms with Crippen LogP contribution in [-0.4, -0.2) is 76.8 Å².